The number of fused-ring (bicyclic) bond motifs is 1. The first-order valence-electron chi connectivity index (χ1n) is 7.63. The Bertz CT molecular complexity index is 870. The van der Waals surface area contributed by atoms with E-state index < -0.39 is 0 Å². The number of nitrogens with zero attached hydrogens (tertiary/aromatic N) is 2. The van der Waals surface area contributed by atoms with Crippen molar-refractivity contribution >= 4 is 28.4 Å². The highest BCUT2D eigenvalue weighted by Crippen LogP contribution is 2.19. The molecule has 3 aromatic heterocycles. The topological polar surface area (TPSA) is 58.6 Å². The molecule has 118 valence electrons. The highest BCUT2D eigenvalue weighted by molar-refractivity contribution is 6.30. The number of aromatic nitrogens is 3. The molecule has 5 heteroatoms. The molecule has 0 fully saturated rings. The van der Waals surface area contributed by atoms with Crippen molar-refractivity contribution in [1.82, 2.24) is 15.0 Å². The molecule has 0 saturated heterocycles. The monoisotopic (exact) mass is 327 g/mol. The van der Waals surface area contributed by atoms with Crippen LogP contribution in [0.5, 0.6) is 0 Å². The van der Waals surface area contributed by atoms with E-state index in [1.807, 2.05) is 26.1 Å². The van der Waals surface area contributed by atoms with Crippen LogP contribution in [0.4, 0.5) is 0 Å². The van der Waals surface area contributed by atoms with E-state index in [1.54, 1.807) is 12.3 Å². The van der Waals surface area contributed by atoms with E-state index in [4.69, 9.17) is 11.6 Å². The molecule has 0 aromatic carbocycles. The number of hydrogen-bond acceptors (Lipinski definition) is 3. The third kappa shape index (κ3) is 3.42. The summed E-state index contributed by atoms with van der Waals surface area (Å²) in [5.74, 6) is 0.173. The van der Waals surface area contributed by atoms with Crippen molar-refractivity contribution in [3.05, 3.63) is 58.1 Å². The summed E-state index contributed by atoms with van der Waals surface area (Å²) in [5, 5.41) is 1.59. The number of Topliss-reactive ketones (excluding diaryl/α,β-unsaturated/α-hetero) is 1. The van der Waals surface area contributed by atoms with Crippen LogP contribution in [0.3, 0.4) is 0 Å². The van der Waals surface area contributed by atoms with Gasteiger partial charge in [0.25, 0.3) is 0 Å². The van der Waals surface area contributed by atoms with Gasteiger partial charge in [-0.15, -0.1) is 0 Å². The summed E-state index contributed by atoms with van der Waals surface area (Å²) in [6.45, 7) is 3.87. The van der Waals surface area contributed by atoms with Crippen LogP contribution >= 0.6 is 11.6 Å². The summed E-state index contributed by atoms with van der Waals surface area (Å²) in [6.07, 6.45) is 5.67. The molecule has 0 unspecified atom stereocenters. The molecular weight excluding hydrogens is 310 g/mol. The molecule has 0 amide bonds. The molecule has 0 bridgehead atoms. The van der Waals surface area contributed by atoms with Gasteiger partial charge in [-0.1, -0.05) is 11.6 Å². The smallest absolute Gasteiger partial charge is 0.163 e. The number of halogens is 1. The molecule has 3 aromatic rings. The second-order valence-electron chi connectivity index (χ2n) is 5.74. The van der Waals surface area contributed by atoms with Crippen LogP contribution in [0.25, 0.3) is 11.0 Å². The largest absolute Gasteiger partial charge is 0.330 e. The molecule has 0 atom stereocenters. The van der Waals surface area contributed by atoms with Gasteiger partial charge in [-0.2, -0.15) is 0 Å². The lowest BCUT2D eigenvalue weighted by atomic mass is 9.99. The number of hydrogen-bond donors (Lipinski definition) is 1. The Balaban J connectivity index is 1.63. The lowest BCUT2D eigenvalue weighted by Gasteiger charge is -2.07. The van der Waals surface area contributed by atoms with Crippen LogP contribution in [0.15, 0.2) is 30.6 Å². The standard InChI is InChI=1S/C18H18ClN3O/c1-11-12(2)20-7-6-15(11)16(23)5-3-4-13-8-14-9-17(19)22-18(14)21-10-13/h6-10H,3-5H2,1-2H3,(H,21,22). The minimum absolute atomic E-state index is 0.173. The number of carbonyl (C=O) groups excluding carboxylic acids is 1. The Morgan fingerprint density at radius 2 is 2.09 bits per heavy atom. The average molecular weight is 328 g/mol. The SMILES string of the molecule is Cc1nccc(C(=O)CCCc2cnc3[nH]c(Cl)cc3c2)c1C. The van der Waals surface area contributed by atoms with Gasteiger partial charge < -0.3 is 4.98 Å². The summed E-state index contributed by atoms with van der Waals surface area (Å²) >= 11 is 5.93. The first-order chi connectivity index (χ1) is 11.0. The molecular formula is C18H18ClN3O. The van der Waals surface area contributed by atoms with Crippen LogP contribution < -0.4 is 0 Å². The Kier molecular flexibility index (Phi) is 4.44. The number of aryl methyl sites for hydroxylation is 2. The van der Waals surface area contributed by atoms with E-state index in [1.165, 1.54) is 0 Å². The van der Waals surface area contributed by atoms with E-state index in [2.05, 4.69) is 21.0 Å². The van der Waals surface area contributed by atoms with Crippen molar-refractivity contribution in [1.29, 1.82) is 0 Å². The fourth-order valence-electron chi connectivity index (χ4n) is 2.69. The number of pyridine rings is 2. The van der Waals surface area contributed by atoms with Crippen molar-refractivity contribution in [3.63, 3.8) is 0 Å². The third-order valence-corrected chi connectivity index (χ3v) is 4.32. The van der Waals surface area contributed by atoms with Crippen molar-refractivity contribution in [2.24, 2.45) is 0 Å². The normalized spacial score (nSPS) is 11.1. The fourth-order valence-corrected chi connectivity index (χ4v) is 2.90. The van der Waals surface area contributed by atoms with Crippen molar-refractivity contribution in [2.75, 3.05) is 0 Å². The van der Waals surface area contributed by atoms with Gasteiger partial charge in [0.15, 0.2) is 5.78 Å². The maximum Gasteiger partial charge on any atom is 0.163 e. The second kappa shape index (κ2) is 6.50. The number of H-pyrrole nitrogens is 1. The molecule has 3 heterocycles. The summed E-state index contributed by atoms with van der Waals surface area (Å²) < 4.78 is 0. The third-order valence-electron chi connectivity index (χ3n) is 4.12. The number of rotatable bonds is 5. The van der Waals surface area contributed by atoms with Gasteiger partial charge in [-0.05, 0) is 56.0 Å². The Morgan fingerprint density at radius 3 is 2.91 bits per heavy atom. The summed E-state index contributed by atoms with van der Waals surface area (Å²) in [5.41, 5.74) is 4.57. The highest BCUT2D eigenvalue weighted by atomic mass is 35.5. The Labute approximate surface area is 139 Å². The van der Waals surface area contributed by atoms with Crippen LogP contribution in [-0.2, 0) is 6.42 Å². The van der Waals surface area contributed by atoms with Gasteiger partial charge in [0.05, 0.1) is 0 Å². The van der Waals surface area contributed by atoms with E-state index in [9.17, 15) is 4.79 Å². The van der Waals surface area contributed by atoms with Gasteiger partial charge in [0, 0.05) is 35.5 Å². The van der Waals surface area contributed by atoms with Gasteiger partial charge in [-0.3, -0.25) is 9.78 Å². The summed E-state index contributed by atoms with van der Waals surface area (Å²) in [7, 11) is 0. The molecule has 0 aliphatic carbocycles. The van der Waals surface area contributed by atoms with Crippen LogP contribution in [0, 0.1) is 13.8 Å². The maximum atomic E-state index is 12.4. The Morgan fingerprint density at radius 1 is 1.26 bits per heavy atom. The quantitative estimate of drug-likeness (QED) is 0.705. The lowest BCUT2D eigenvalue weighted by molar-refractivity contribution is 0.0979. The first-order valence-corrected chi connectivity index (χ1v) is 8.01. The minimum Gasteiger partial charge on any atom is -0.330 e. The predicted molar refractivity (Wildman–Crippen MR) is 92.1 cm³/mol. The van der Waals surface area contributed by atoms with Crippen LogP contribution in [0.1, 0.15) is 40.0 Å². The van der Waals surface area contributed by atoms with Gasteiger partial charge in [0.1, 0.15) is 10.8 Å². The fraction of sp³-hybridized carbons (Fsp3) is 0.278. The van der Waals surface area contributed by atoms with E-state index >= 15 is 0 Å². The lowest BCUT2D eigenvalue weighted by Crippen LogP contribution is -2.04. The van der Waals surface area contributed by atoms with E-state index in [0.717, 1.165) is 46.3 Å². The van der Waals surface area contributed by atoms with Crippen molar-refractivity contribution < 1.29 is 4.79 Å². The number of carbonyl (C=O) groups is 1. The number of nitrogens with one attached hydrogen (secondary N) is 1. The minimum atomic E-state index is 0.173. The van der Waals surface area contributed by atoms with E-state index in [0.29, 0.717) is 11.6 Å². The maximum absolute atomic E-state index is 12.4. The zero-order chi connectivity index (χ0) is 16.4. The molecule has 0 saturated carbocycles. The zero-order valence-corrected chi connectivity index (χ0v) is 13.9. The molecule has 0 radical (unpaired) electrons. The first kappa shape index (κ1) is 15.7. The predicted octanol–water partition coefficient (Wildman–Crippen LogP) is 4.43. The molecule has 23 heavy (non-hydrogen) atoms. The molecule has 3 rings (SSSR count). The van der Waals surface area contributed by atoms with Gasteiger partial charge in [0.2, 0.25) is 0 Å². The van der Waals surface area contributed by atoms with E-state index in [-0.39, 0.29) is 5.78 Å². The van der Waals surface area contributed by atoms with Gasteiger partial charge in [-0.25, -0.2) is 4.98 Å². The number of aromatic amines is 1. The van der Waals surface area contributed by atoms with Gasteiger partial charge >= 0.3 is 0 Å². The molecule has 1 N–H and O–H groups in total. The number of ketones is 1. The summed E-state index contributed by atoms with van der Waals surface area (Å²) in [6, 6.07) is 5.73. The second-order valence-corrected chi connectivity index (χ2v) is 6.15. The average Bonchev–Trinajstić information content (AvgIpc) is 2.89. The molecule has 0 spiro atoms. The molecule has 4 nitrogen and oxygen atoms in total. The summed E-state index contributed by atoms with van der Waals surface area (Å²) in [4.78, 5) is 23.9. The zero-order valence-electron chi connectivity index (χ0n) is 13.2. The van der Waals surface area contributed by atoms with Crippen molar-refractivity contribution in [2.45, 2.75) is 33.1 Å². The van der Waals surface area contributed by atoms with Crippen molar-refractivity contribution in [3.8, 4) is 0 Å². The highest BCUT2D eigenvalue weighted by Gasteiger charge is 2.11. The van der Waals surface area contributed by atoms with Crippen LogP contribution in [-0.4, -0.2) is 20.7 Å². The van der Waals surface area contributed by atoms with Crippen LogP contribution in [0.2, 0.25) is 5.15 Å². The molecule has 0 aliphatic rings. The Hall–Kier alpha value is -2.20. The molecule has 0 aliphatic heterocycles.